The van der Waals surface area contributed by atoms with Crippen LogP contribution in [0.15, 0.2) is 24.3 Å². The van der Waals surface area contributed by atoms with E-state index in [0.29, 0.717) is 12.0 Å². The lowest BCUT2D eigenvalue weighted by molar-refractivity contribution is -0.138. The topological polar surface area (TPSA) is 29.5 Å². The molecule has 0 aromatic heterocycles. The van der Waals surface area contributed by atoms with E-state index in [2.05, 4.69) is 13.8 Å². The quantitative estimate of drug-likeness (QED) is 0.842. The van der Waals surface area contributed by atoms with Crippen molar-refractivity contribution >= 4 is 5.91 Å². The molecule has 0 bridgehead atoms. The minimum atomic E-state index is 0.117. The van der Waals surface area contributed by atoms with Gasteiger partial charge in [-0.2, -0.15) is 0 Å². The van der Waals surface area contributed by atoms with E-state index < -0.39 is 0 Å². The summed E-state index contributed by atoms with van der Waals surface area (Å²) in [5, 5.41) is 0. The van der Waals surface area contributed by atoms with Crippen LogP contribution in [0.1, 0.15) is 38.7 Å². The van der Waals surface area contributed by atoms with Crippen LogP contribution in [-0.2, 0) is 4.79 Å². The fraction of sp³-hybridized carbons (Fsp3) is 0.588. The van der Waals surface area contributed by atoms with Gasteiger partial charge in [-0.3, -0.25) is 4.79 Å². The van der Waals surface area contributed by atoms with Gasteiger partial charge in [-0.25, -0.2) is 0 Å². The highest BCUT2D eigenvalue weighted by Gasteiger charge is 2.28. The molecule has 1 unspecified atom stereocenters. The zero-order chi connectivity index (χ0) is 14.5. The number of nitrogens with zero attached hydrogens (tertiary/aromatic N) is 1. The SMILES string of the molecule is Cc1ccccc1OCC(=O)N1CCCCC1C(C)C. The molecule has 1 fully saturated rings. The van der Waals surface area contributed by atoms with Gasteiger partial charge in [-0.1, -0.05) is 32.0 Å². The minimum absolute atomic E-state index is 0.117. The Kier molecular flexibility index (Phi) is 5.05. The van der Waals surface area contributed by atoms with Crippen molar-refractivity contribution in [2.75, 3.05) is 13.2 Å². The Hall–Kier alpha value is -1.51. The molecule has 1 aliphatic rings. The molecule has 1 atom stereocenters. The number of hydrogen-bond acceptors (Lipinski definition) is 2. The highest BCUT2D eigenvalue weighted by Crippen LogP contribution is 2.23. The van der Waals surface area contributed by atoms with Crippen molar-refractivity contribution in [3.63, 3.8) is 0 Å². The first-order chi connectivity index (χ1) is 9.59. The summed E-state index contributed by atoms with van der Waals surface area (Å²) in [6, 6.07) is 8.20. The second kappa shape index (κ2) is 6.78. The van der Waals surface area contributed by atoms with E-state index in [1.165, 1.54) is 6.42 Å². The van der Waals surface area contributed by atoms with Crippen LogP contribution in [0.2, 0.25) is 0 Å². The predicted molar refractivity (Wildman–Crippen MR) is 80.9 cm³/mol. The van der Waals surface area contributed by atoms with E-state index in [4.69, 9.17) is 4.74 Å². The summed E-state index contributed by atoms with van der Waals surface area (Å²) in [7, 11) is 0. The van der Waals surface area contributed by atoms with Crippen LogP contribution < -0.4 is 4.74 Å². The minimum Gasteiger partial charge on any atom is -0.484 e. The smallest absolute Gasteiger partial charge is 0.260 e. The van der Waals surface area contributed by atoms with Crippen molar-refractivity contribution in [2.45, 2.75) is 46.1 Å². The number of rotatable bonds is 4. The average Bonchev–Trinajstić information content (AvgIpc) is 2.46. The number of ether oxygens (including phenoxy) is 1. The average molecular weight is 275 g/mol. The summed E-state index contributed by atoms with van der Waals surface area (Å²) in [5.41, 5.74) is 1.07. The molecule has 1 aromatic carbocycles. The standard InChI is InChI=1S/C17H25NO2/c1-13(2)15-9-6-7-11-18(15)17(19)12-20-16-10-5-4-8-14(16)3/h4-5,8,10,13,15H,6-7,9,11-12H2,1-3H3. The fourth-order valence-electron chi connectivity index (χ4n) is 2.90. The molecule has 0 spiro atoms. The van der Waals surface area contributed by atoms with Crippen LogP contribution in [0.3, 0.4) is 0 Å². The number of hydrogen-bond donors (Lipinski definition) is 0. The molecule has 3 heteroatoms. The third-order valence-corrected chi connectivity index (χ3v) is 4.08. The highest BCUT2D eigenvalue weighted by molar-refractivity contribution is 5.78. The van der Waals surface area contributed by atoms with Gasteiger partial charge in [0.1, 0.15) is 5.75 Å². The van der Waals surface area contributed by atoms with Crippen LogP contribution in [-0.4, -0.2) is 30.0 Å². The number of likely N-dealkylation sites (tertiary alicyclic amines) is 1. The molecule has 1 amide bonds. The molecule has 1 aromatic rings. The number of piperidine rings is 1. The molecule has 2 rings (SSSR count). The van der Waals surface area contributed by atoms with E-state index in [1.54, 1.807) is 0 Å². The zero-order valence-electron chi connectivity index (χ0n) is 12.8. The Morgan fingerprint density at radius 2 is 2.10 bits per heavy atom. The molecular weight excluding hydrogens is 250 g/mol. The lowest BCUT2D eigenvalue weighted by Gasteiger charge is -2.38. The molecule has 0 N–H and O–H groups in total. The molecule has 0 radical (unpaired) electrons. The zero-order valence-corrected chi connectivity index (χ0v) is 12.8. The van der Waals surface area contributed by atoms with Crippen LogP contribution in [0.25, 0.3) is 0 Å². The van der Waals surface area contributed by atoms with E-state index in [0.717, 1.165) is 30.7 Å². The van der Waals surface area contributed by atoms with Crippen molar-refractivity contribution in [1.82, 2.24) is 4.90 Å². The maximum Gasteiger partial charge on any atom is 0.260 e. The summed E-state index contributed by atoms with van der Waals surface area (Å²) >= 11 is 0. The van der Waals surface area contributed by atoms with Gasteiger partial charge in [0.15, 0.2) is 6.61 Å². The van der Waals surface area contributed by atoms with Crippen molar-refractivity contribution in [2.24, 2.45) is 5.92 Å². The number of benzene rings is 1. The van der Waals surface area contributed by atoms with Gasteiger partial charge in [0.05, 0.1) is 0 Å². The summed E-state index contributed by atoms with van der Waals surface area (Å²) in [6.07, 6.45) is 3.46. The van der Waals surface area contributed by atoms with Gasteiger partial charge >= 0.3 is 0 Å². The number of carbonyl (C=O) groups is 1. The first kappa shape index (κ1) is 14.9. The second-order valence-electron chi connectivity index (χ2n) is 5.95. The van der Waals surface area contributed by atoms with Gasteiger partial charge in [0.25, 0.3) is 5.91 Å². The van der Waals surface area contributed by atoms with Gasteiger partial charge in [-0.15, -0.1) is 0 Å². The first-order valence-electron chi connectivity index (χ1n) is 7.57. The van der Waals surface area contributed by atoms with Gasteiger partial charge in [-0.05, 0) is 43.7 Å². The van der Waals surface area contributed by atoms with E-state index in [1.807, 2.05) is 36.1 Å². The molecule has 0 saturated carbocycles. The Bertz CT molecular complexity index is 456. The predicted octanol–water partition coefficient (Wildman–Crippen LogP) is 3.41. The van der Waals surface area contributed by atoms with E-state index in [9.17, 15) is 4.79 Å². The van der Waals surface area contributed by atoms with Crippen molar-refractivity contribution in [3.8, 4) is 5.75 Å². The maximum atomic E-state index is 12.4. The third-order valence-electron chi connectivity index (χ3n) is 4.08. The van der Waals surface area contributed by atoms with Crippen molar-refractivity contribution in [3.05, 3.63) is 29.8 Å². The number of amides is 1. The Morgan fingerprint density at radius 3 is 2.80 bits per heavy atom. The molecule has 20 heavy (non-hydrogen) atoms. The fourth-order valence-corrected chi connectivity index (χ4v) is 2.90. The molecule has 110 valence electrons. The van der Waals surface area contributed by atoms with Gasteiger partial charge < -0.3 is 9.64 Å². The molecule has 1 saturated heterocycles. The first-order valence-corrected chi connectivity index (χ1v) is 7.57. The highest BCUT2D eigenvalue weighted by atomic mass is 16.5. The lowest BCUT2D eigenvalue weighted by Crippen LogP contribution is -2.48. The number of para-hydroxylation sites is 1. The van der Waals surface area contributed by atoms with Crippen molar-refractivity contribution in [1.29, 1.82) is 0 Å². The van der Waals surface area contributed by atoms with Crippen molar-refractivity contribution < 1.29 is 9.53 Å². The van der Waals surface area contributed by atoms with Crippen LogP contribution in [0, 0.1) is 12.8 Å². The van der Waals surface area contributed by atoms with Crippen LogP contribution >= 0.6 is 0 Å². The Labute approximate surface area is 121 Å². The van der Waals surface area contributed by atoms with Gasteiger partial charge in [0, 0.05) is 12.6 Å². The summed E-state index contributed by atoms with van der Waals surface area (Å²) in [6.45, 7) is 7.40. The molecule has 1 aliphatic heterocycles. The van der Waals surface area contributed by atoms with E-state index in [-0.39, 0.29) is 12.5 Å². The van der Waals surface area contributed by atoms with Crippen LogP contribution in [0.4, 0.5) is 0 Å². The Balaban J connectivity index is 1.95. The maximum absolute atomic E-state index is 12.4. The third kappa shape index (κ3) is 3.53. The molecular formula is C17H25NO2. The monoisotopic (exact) mass is 275 g/mol. The summed E-state index contributed by atoms with van der Waals surface area (Å²) < 4.78 is 5.69. The van der Waals surface area contributed by atoms with Gasteiger partial charge in [0.2, 0.25) is 0 Å². The van der Waals surface area contributed by atoms with Crippen LogP contribution in [0.5, 0.6) is 5.75 Å². The largest absolute Gasteiger partial charge is 0.484 e. The Morgan fingerprint density at radius 1 is 1.35 bits per heavy atom. The molecule has 3 nitrogen and oxygen atoms in total. The summed E-state index contributed by atoms with van der Waals surface area (Å²) in [5.74, 6) is 1.43. The van der Waals surface area contributed by atoms with E-state index >= 15 is 0 Å². The number of aryl methyl sites for hydroxylation is 1. The lowest BCUT2D eigenvalue weighted by atomic mass is 9.93. The summed E-state index contributed by atoms with van der Waals surface area (Å²) in [4.78, 5) is 14.4. The number of carbonyl (C=O) groups excluding carboxylic acids is 1. The normalized spacial score (nSPS) is 19.2. The second-order valence-corrected chi connectivity index (χ2v) is 5.95. The molecule has 0 aliphatic carbocycles. The molecule has 1 heterocycles.